The van der Waals surface area contributed by atoms with Crippen molar-refractivity contribution in [2.24, 2.45) is 17.3 Å². The van der Waals surface area contributed by atoms with Crippen LogP contribution in [0.4, 0.5) is 4.79 Å². The molecule has 1 aliphatic heterocycles. The molecule has 3 fully saturated rings. The Hall–Kier alpha value is -2.63. The lowest BCUT2D eigenvalue weighted by Gasteiger charge is -2.43. The van der Waals surface area contributed by atoms with Crippen LogP contribution < -0.4 is 10.6 Å². The Morgan fingerprint density at radius 1 is 1.33 bits per heavy atom. The third-order valence-corrected chi connectivity index (χ3v) is 6.30. The third-order valence-electron chi connectivity index (χ3n) is 6.30. The van der Waals surface area contributed by atoms with Gasteiger partial charge in [-0.15, -0.1) is 0 Å². The van der Waals surface area contributed by atoms with E-state index in [2.05, 4.69) is 30.6 Å². The van der Waals surface area contributed by atoms with Crippen LogP contribution in [0.2, 0.25) is 0 Å². The molecule has 1 heterocycles. The number of hydrogen-bond donors (Lipinski definition) is 2. The lowest BCUT2D eigenvalue weighted by molar-refractivity contribution is -0.151. The van der Waals surface area contributed by atoms with Crippen molar-refractivity contribution in [2.45, 2.75) is 70.9 Å². The molecule has 2 saturated carbocycles. The number of urea groups is 1. The number of ether oxygens (including phenoxy) is 1. The first-order valence-corrected chi connectivity index (χ1v) is 10.4. The van der Waals surface area contributed by atoms with Crippen LogP contribution in [-0.4, -0.2) is 52.9 Å². The van der Waals surface area contributed by atoms with Crippen LogP contribution >= 0.6 is 0 Å². The molecule has 0 bridgehead atoms. The van der Waals surface area contributed by atoms with Crippen LogP contribution in [0.3, 0.4) is 0 Å². The molecule has 3 aliphatic rings. The number of nitrogens with zero attached hydrogens (tertiary/aromatic N) is 2. The van der Waals surface area contributed by atoms with Crippen molar-refractivity contribution < 1.29 is 23.9 Å². The SMILES string of the molecule is C[C@@H]1CC(C)(C)C[C@@]2(C1)NC(=O)N(CC(=O)OCC(=O)N[C@@](C)(C#N)C1CC1)C2=O. The summed E-state index contributed by atoms with van der Waals surface area (Å²) in [4.78, 5) is 50.6. The Labute approximate surface area is 176 Å². The Morgan fingerprint density at radius 2 is 2.00 bits per heavy atom. The van der Waals surface area contributed by atoms with Crippen molar-refractivity contribution in [3.05, 3.63) is 0 Å². The molecule has 0 aromatic rings. The van der Waals surface area contributed by atoms with E-state index in [1.807, 2.05) is 6.92 Å². The fraction of sp³-hybridized carbons (Fsp3) is 0.762. The lowest BCUT2D eigenvalue weighted by Crippen LogP contribution is -2.54. The Balaban J connectivity index is 1.55. The van der Waals surface area contributed by atoms with Crippen LogP contribution in [0.25, 0.3) is 0 Å². The highest BCUT2D eigenvalue weighted by Crippen LogP contribution is 2.46. The summed E-state index contributed by atoms with van der Waals surface area (Å²) >= 11 is 0. The van der Waals surface area contributed by atoms with Crippen molar-refractivity contribution in [1.29, 1.82) is 5.26 Å². The van der Waals surface area contributed by atoms with E-state index in [1.54, 1.807) is 6.92 Å². The zero-order valence-corrected chi connectivity index (χ0v) is 18.0. The third kappa shape index (κ3) is 4.42. The van der Waals surface area contributed by atoms with Crippen molar-refractivity contribution in [3.8, 4) is 6.07 Å². The summed E-state index contributed by atoms with van der Waals surface area (Å²) < 4.78 is 4.96. The Morgan fingerprint density at radius 3 is 2.57 bits per heavy atom. The lowest BCUT2D eigenvalue weighted by atomic mass is 9.64. The second kappa shape index (κ2) is 7.56. The van der Waals surface area contributed by atoms with Crippen molar-refractivity contribution in [3.63, 3.8) is 0 Å². The highest BCUT2D eigenvalue weighted by molar-refractivity contribution is 6.08. The number of esters is 1. The largest absolute Gasteiger partial charge is 0.454 e. The van der Waals surface area contributed by atoms with E-state index >= 15 is 0 Å². The highest BCUT2D eigenvalue weighted by atomic mass is 16.5. The van der Waals surface area contributed by atoms with E-state index in [1.165, 1.54) is 0 Å². The summed E-state index contributed by atoms with van der Waals surface area (Å²) in [6.45, 7) is 6.71. The highest BCUT2D eigenvalue weighted by Gasteiger charge is 2.56. The molecule has 0 aromatic heterocycles. The predicted molar refractivity (Wildman–Crippen MR) is 106 cm³/mol. The summed E-state index contributed by atoms with van der Waals surface area (Å²) in [6, 6.07) is 1.48. The standard InChI is InChI=1S/C21H30N4O5/c1-13-7-19(2,3)11-21(8-13)17(28)25(18(29)24-21)9-16(27)30-10-15(26)23-20(4,12-22)14-5-6-14/h13-14H,5-11H2,1-4H3,(H,23,26)(H,24,29)/t13-,20+,21-/m1/s1. The normalized spacial score (nSPS) is 29.7. The summed E-state index contributed by atoms with van der Waals surface area (Å²) in [7, 11) is 0. The van der Waals surface area contributed by atoms with Gasteiger partial charge in [0, 0.05) is 0 Å². The van der Waals surface area contributed by atoms with Crippen LogP contribution in [0, 0.1) is 28.6 Å². The van der Waals surface area contributed by atoms with E-state index in [-0.39, 0.29) is 17.3 Å². The molecule has 9 nitrogen and oxygen atoms in total. The number of rotatable bonds is 6. The molecular formula is C21H30N4O5. The first-order valence-electron chi connectivity index (χ1n) is 10.4. The molecule has 3 atom stereocenters. The topological polar surface area (TPSA) is 129 Å². The summed E-state index contributed by atoms with van der Waals surface area (Å²) in [6.07, 6.45) is 3.73. The predicted octanol–water partition coefficient (Wildman–Crippen LogP) is 1.47. The summed E-state index contributed by atoms with van der Waals surface area (Å²) in [5.41, 5.74) is -2.08. The minimum absolute atomic E-state index is 0.103. The molecule has 0 aromatic carbocycles. The van der Waals surface area contributed by atoms with E-state index < -0.39 is 48.0 Å². The number of nitriles is 1. The number of carbonyl (C=O) groups excluding carboxylic acids is 4. The maximum absolute atomic E-state index is 13.0. The van der Waals surface area contributed by atoms with Gasteiger partial charge in [0.05, 0.1) is 6.07 Å². The maximum atomic E-state index is 13.0. The van der Waals surface area contributed by atoms with Crippen LogP contribution in [0.5, 0.6) is 0 Å². The second-order valence-electron chi connectivity index (χ2n) is 10.1. The minimum atomic E-state index is -0.991. The van der Waals surface area contributed by atoms with Gasteiger partial charge in [-0.3, -0.25) is 19.3 Å². The quantitative estimate of drug-likeness (QED) is 0.496. The van der Waals surface area contributed by atoms with Gasteiger partial charge in [-0.05, 0) is 56.3 Å². The number of carbonyl (C=O) groups is 4. The fourth-order valence-electron chi connectivity index (χ4n) is 5.18. The van der Waals surface area contributed by atoms with E-state index in [0.29, 0.717) is 12.8 Å². The van der Waals surface area contributed by atoms with Crippen molar-refractivity contribution in [2.75, 3.05) is 13.2 Å². The van der Waals surface area contributed by atoms with E-state index in [4.69, 9.17) is 4.74 Å². The molecule has 1 saturated heterocycles. The minimum Gasteiger partial charge on any atom is -0.454 e. The number of nitrogens with one attached hydrogen (secondary N) is 2. The molecule has 4 amide bonds. The maximum Gasteiger partial charge on any atom is 0.326 e. The number of hydrogen-bond acceptors (Lipinski definition) is 6. The first-order chi connectivity index (χ1) is 13.9. The van der Waals surface area contributed by atoms with Gasteiger partial charge in [-0.25, -0.2) is 4.79 Å². The van der Waals surface area contributed by atoms with Gasteiger partial charge in [0.15, 0.2) is 6.61 Å². The van der Waals surface area contributed by atoms with Crippen LogP contribution in [0.1, 0.15) is 59.8 Å². The summed E-state index contributed by atoms with van der Waals surface area (Å²) in [5, 5.41) is 14.7. The smallest absolute Gasteiger partial charge is 0.326 e. The molecule has 0 radical (unpaired) electrons. The molecule has 164 valence electrons. The van der Waals surface area contributed by atoms with Crippen LogP contribution in [-0.2, 0) is 19.1 Å². The molecule has 2 aliphatic carbocycles. The average Bonchev–Trinajstić information content (AvgIpc) is 3.44. The number of amides is 4. The first kappa shape index (κ1) is 22.1. The molecule has 0 unspecified atom stereocenters. The number of imide groups is 1. The Kier molecular flexibility index (Phi) is 5.56. The van der Waals surface area contributed by atoms with Crippen LogP contribution in [0.15, 0.2) is 0 Å². The van der Waals surface area contributed by atoms with Gasteiger partial charge in [0.25, 0.3) is 11.8 Å². The Bertz CT molecular complexity index is 815. The molecule has 3 rings (SSSR count). The van der Waals surface area contributed by atoms with Gasteiger partial charge in [-0.1, -0.05) is 20.8 Å². The molecule has 2 N–H and O–H groups in total. The van der Waals surface area contributed by atoms with Gasteiger partial charge in [0.2, 0.25) is 0 Å². The molecular weight excluding hydrogens is 388 g/mol. The monoisotopic (exact) mass is 418 g/mol. The van der Waals surface area contributed by atoms with E-state index in [9.17, 15) is 24.4 Å². The molecule has 9 heteroatoms. The van der Waals surface area contributed by atoms with Crippen molar-refractivity contribution >= 4 is 23.8 Å². The van der Waals surface area contributed by atoms with Gasteiger partial charge < -0.3 is 15.4 Å². The van der Waals surface area contributed by atoms with Gasteiger partial charge in [-0.2, -0.15) is 5.26 Å². The van der Waals surface area contributed by atoms with Crippen molar-refractivity contribution in [1.82, 2.24) is 15.5 Å². The van der Waals surface area contributed by atoms with E-state index in [0.717, 1.165) is 24.2 Å². The fourth-order valence-corrected chi connectivity index (χ4v) is 5.18. The molecule has 30 heavy (non-hydrogen) atoms. The zero-order chi connectivity index (χ0) is 22.3. The average molecular weight is 418 g/mol. The van der Waals surface area contributed by atoms with Gasteiger partial charge >= 0.3 is 12.0 Å². The zero-order valence-electron chi connectivity index (χ0n) is 18.0. The summed E-state index contributed by atoms with van der Waals surface area (Å²) in [5.74, 6) is -1.49. The molecule has 1 spiro atoms. The second-order valence-corrected chi connectivity index (χ2v) is 10.1. The van der Waals surface area contributed by atoms with Gasteiger partial charge in [0.1, 0.15) is 17.6 Å².